The zero-order valence-corrected chi connectivity index (χ0v) is 10.2. The second-order valence-electron chi connectivity index (χ2n) is 4.39. The van der Waals surface area contributed by atoms with Gasteiger partial charge in [-0.3, -0.25) is 4.68 Å². The van der Waals surface area contributed by atoms with E-state index in [9.17, 15) is 4.39 Å². The van der Waals surface area contributed by atoms with Crippen molar-refractivity contribution in [1.29, 1.82) is 0 Å². The Morgan fingerprint density at radius 2 is 2.00 bits per heavy atom. The van der Waals surface area contributed by atoms with E-state index in [2.05, 4.69) is 5.10 Å². The van der Waals surface area contributed by atoms with Gasteiger partial charge in [-0.1, -0.05) is 0 Å². The molecule has 18 heavy (non-hydrogen) atoms. The van der Waals surface area contributed by atoms with Crippen molar-refractivity contribution in [2.45, 2.75) is 0 Å². The smallest absolute Gasteiger partial charge is 0.125 e. The molecule has 0 aliphatic carbocycles. The first-order valence-electron chi connectivity index (χ1n) is 5.61. The number of nitrogens with two attached hydrogens (primary N) is 1. The number of halogens is 1. The molecule has 3 aromatic rings. The second kappa shape index (κ2) is 3.60. The van der Waals surface area contributed by atoms with Crippen molar-refractivity contribution < 1.29 is 4.39 Å². The van der Waals surface area contributed by atoms with Crippen molar-refractivity contribution in [1.82, 2.24) is 14.3 Å². The molecule has 1 aromatic carbocycles. The summed E-state index contributed by atoms with van der Waals surface area (Å²) in [6, 6.07) is 6.56. The molecule has 0 amide bonds. The van der Waals surface area contributed by atoms with Crippen molar-refractivity contribution >= 4 is 16.7 Å². The monoisotopic (exact) mass is 244 g/mol. The SMILES string of the molecule is Cn1nc(-c2cn(C)c3cc(F)ccc23)cc1N. The van der Waals surface area contributed by atoms with E-state index in [1.165, 1.54) is 12.1 Å². The standard InChI is InChI=1S/C13H13FN4/c1-17-7-10(11-6-13(15)18(2)16-11)9-4-3-8(14)5-12(9)17/h3-7H,15H2,1-2H3. The van der Waals surface area contributed by atoms with E-state index in [4.69, 9.17) is 5.73 Å². The summed E-state index contributed by atoms with van der Waals surface area (Å²) >= 11 is 0. The molecule has 0 spiro atoms. The first-order valence-corrected chi connectivity index (χ1v) is 5.61. The van der Waals surface area contributed by atoms with Crippen molar-refractivity contribution in [3.05, 3.63) is 36.3 Å². The van der Waals surface area contributed by atoms with E-state index >= 15 is 0 Å². The van der Waals surface area contributed by atoms with Gasteiger partial charge in [-0.05, 0) is 18.2 Å². The van der Waals surface area contributed by atoms with Crippen molar-refractivity contribution in [2.24, 2.45) is 14.1 Å². The van der Waals surface area contributed by atoms with Crippen LogP contribution in [0.15, 0.2) is 30.5 Å². The topological polar surface area (TPSA) is 48.8 Å². The molecule has 0 unspecified atom stereocenters. The Kier molecular flexibility index (Phi) is 2.16. The molecule has 2 aromatic heterocycles. The Balaban J connectivity index is 2.30. The van der Waals surface area contributed by atoms with Crippen LogP contribution in [0.2, 0.25) is 0 Å². The molecule has 0 saturated carbocycles. The third-order valence-corrected chi connectivity index (χ3v) is 3.14. The largest absolute Gasteiger partial charge is 0.384 e. The molecular formula is C13H13FN4. The maximum Gasteiger partial charge on any atom is 0.125 e. The Hall–Kier alpha value is -2.30. The number of hydrogen-bond donors (Lipinski definition) is 1. The number of benzene rings is 1. The van der Waals surface area contributed by atoms with Crippen molar-refractivity contribution in [3.63, 3.8) is 0 Å². The van der Waals surface area contributed by atoms with E-state index in [1.807, 2.05) is 23.9 Å². The molecule has 0 saturated heterocycles. The normalized spacial score (nSPS) is 11.3. The summed E-state index contributed by atoms with van der Waals surface area (Å²) in [6.45, 7) is 0. The average Bonchev–Trinajstić information content (AvgIpc) is 2.82. The minimum absolute atomic E-state index is 0.240. The van der Waals surface area contributed by atoms with Gasteiger partial charge in [0.25, 0.3) is 0 Å². The third-order valence-electron chi connectivity index (χ3n) is 3.14. The molecule has 4 nitrogen and oxygen atoms in total. The predicted molar refractivity (Wildman–Crippen MR) is 69.5 cm³/mol. The van der Waals surface area contributed by atoms with Gasteiger partial charge in [0.1, 0.15) is 11.6 Å². The van der Waals surface area contributed by atoms with Crippen molar-refractivity contribution in [2.75, 3.05) is 5.73 Å². The minimum atomic E-state index is -0.240. The highest BCUT2D eigenvalue weighted by Gasteiger charge is 2.12. The van der Waals surface area contributed by atoms with Crippen LogP contribution in [0.3, 0.4) is 0 Å². The number of hydrogen-bond acceptors (Lipinski definition) is 2. The van der Waals surface area contributed by atoms with Gasteiger partial charge < -0.3 is 10.3 Å². The average molecular weight is 244 g/mol. The molecular weight excluding hydrogens is 231 g/mol. The van der Waals surface area contributed by atoms with Gasteiger partial charge in [-0.2, -0.15) is 5.10 Å². The molecule has 0 fully saturated rings. The molecule has 92 valence electrons. The molecule has 5 heteroatoms. The summed E-state index contributed by atoms with van der Waals surface area (Å²) in [5.74, 6) is 0.361. The van der Waals surface area contributed by atoms with Crippen LogP contribution >= 0.6 is 0 Å². The van der Waals surface area contributed by atoms with Gasteiger partial charge in [-0.25, -0.2) is 4.39 Å². The molecule has 2 heterocycles. The number of nitrogens with zero attached hydrogens (tertiary/aromatic N) is 3. The van der Waals surface area contributed by atoms with E-state index in [-0.39, 0.29) is 5.82 Å². The third kappa shape index (κ3) is 1.48. The maximum atomic E-state index is 13.2. The quantitative estimate of drug-likeness (QED) is 0.714. The lowest BCUT2D eigenvalue weighted by Crippen LogP contribution is -1.96. The fourth-order valence-electron chi connectivity index (χ4n) is 2.17. The van der Waals surface area contributed by atoms with E-state index in [1.54, 1.807) is 17.8 Å². The Bertz CT molecular complexity index is 719. The van der Waals surface area contributed by atoms with Crippen LogP contribution in [-0.2, 0) is 14.1 Å². The number of anilines is 1. The zero-order chi connectivity index (χ0) is 12.9. The highest BCUT2D eigenvalue weighted by atomic mass is 19.1. The molecule has 3 rings (SSSR count). The van der Waals surface area contributed by atoms with Gasteiger partial charge in [0.05, 0.1) is 11.2 Å². The molecule has 2 N–H and O–H groups in total. The minimum Gasteiger partial charge on any atom is -0.384 e. The second-order valence-corrected chi connectivity index (χ2v) is 4.39. The van der Waals surface area contributed by atoms with Gasteiger partial charge in [0.15, 0.2) is 0 Å². The molecule has 0 bridgehead atoms. The Labute approximate surface area is 103 Å². The maximum absolute atomic E-state index is 13.2. The highest BCUT2D eigenvalue weighted by molar-refractivity contribution is 5.95. The number of rotatable bonds is 1. The Morgan fingerprint density at radius 1 is 1.22 bits per heavy atom. The Morgan fingerprint density at radius 3 is 2.67 bits per heavy atom. The number of aromatic nitrogens is 3. The summed E-state index contributed by atoms with van der Waals surface area (Å²) in [5.41, 5.74) is 8.38. The molecule has 0 atom stereocenters. The van der Waals surface area contributed by atoms with Crippen LogP contribution in [0.5, 0.6) is 0 Å². The van der Waals surface area contributed by atoms with Gasteiger partial charge in [0, 0.05) is 37.3 Å². The van der Waals surface area contributed by atoms with Crippen LogP contribution < -0.4 is 5.73 Å². The fraction of sp³-hybridized carbons (Fsp3) is 0.154. The van der Waals surface area contributed by atoms with E-state index in [0.717, 1.165) is 22.2 Å². The van der Waals surface area contributed by atoms with Gasteiger partial charge in [-0.15, -0.1) is 0 Å². The first-order chi connectivity index (χ1) is 8.56. The summed E-state index contributed by atoms with van der Waals surface area (Å²) in [5, 5.41) is 5.32. The molecule has 0 aliphatic heterocycles. The fourth-order valence-corrected chi connectivity index (χ4v) is 2.17. The van der Waals surface area contributed by atoms with Crippen LogP contribution in [0.4, 0.5) is 10.2 Å². The van der Waals surface area contributed by atoms with Crippen molar-refractivity contribution in [3.8, 4) is 11.3 Å². The number of nitrogen functional groups attached to an aromatic ring is 1. The van der Waals surface area contributed by atoms with Gasteiger partial charge >= 0.3 is 0 Å². The van der Waals surface area contributed by atoms with Crippen LogP contribution in [0.1, 0.15) is 0 Å². The lowest BCUT2D eigenvalue weighted by Gasteiger charge is -1.95. The summed E-state index contributed by atoms with van der Waals surface area (Å²) < 4.78 is 16.8. The summed E-state index contributed by atoms with van der Waals surface area (Å²) in [6.07, 6.45) is 1.94. The summed E-state index contributed by atoms with van der Waals surface area (Å²) in [4.78, 5) is 0. The molecule has 0 aliphatic rings. The lowest BCUT2D eigenvalue weighted by atomic mass is 10.1. The number of fused-ring (bicyclic) bond motifs is 1. The number of aryl methyl sites for hydroxylation is 2. The van der Waals surface area contributed by atoms with Crippen LogP contribution in [0.25, 0.3) is 22.2 Å². The van der Waals surface area contributed by atoms with Crippen LogP contribution in [0, 0.1) is 5.82 Å². The van der Waals surface area contributed by atoms with E-state index in [0.29, 0.717) is 5.82 Å². The van der Waals surface area contributed by atoms with E-state index < -0.39 is 0 Å². The van der Waals surface area contributed by atoms with Gasteiger partial charge in [0.2, 0.25) is 0 Å². The summed E-state index contributed by atoms with van der Waals surface area (Å²) in [7, 11) is 3.68. The highest BCUT2D eigenvalue weighted by Crippen LogP contribution is 2.30. The lowest BCUT2D eigenvalue weighted by molar-refractivity contribution is 0.629. The van der Waals surface area contributed by atoms with Crippen LogP contribution in [-0.4, -0.2) is 14.3 Å². The first kappa shape index (κ1) is 10.8. The predicted octanol–water partition coefficient (Wildman–Crippen LogP) is 2.30. The zero-order valence-electron chi connectivity index (χ0n) is 10.2. The molecule has 0 radical (unpaired) electrons.